The molecule has 1 aliphatic carbocycles. The Hall–Kier alpha value is -1.29. The van der Waals surface area contributed by atoms with Crippen molar-refractivity contribution >= 4 is 23.4 Å². The van der Waals surface area contributed by atoms with Crippen molar-refractivity contribution < 1.29 is 9.90 Å². The lowest BCUT2D eigenvalue weighted by Gasteiger charge is -2.28. The lowest BCUT2D eigenvalue weighted by atomic mass is 9.84. The Morgan fingerprint density at radius 1 is 1.42 bits per heavy atom. The maximum absolute atomic E-state index is 11.0. The minimum atomic E-state index is -0.984. The highest BCUT2D eigenvalue weighted by Gasteiger charge is 2.20. The molecule has 0 unspecified atom stereocenters. The van der Waals surface area contributed by atoms with Crippen molar-refractivity contribution in [2.75, 3.05) is 5.32 Å². The van der Waals surface area contributed by atoms with Gasteiger partial charge in [0.15, 0.2) is 0 Å². The zero-order valence-corrected chi connectivity index (χ0v) is 11.8. The number of pyridine rings is 1. The van der Waals surface area contributed by atoms with Gasteiger partial charge in [0.1, 0.15) is 11.0 Å². The fourth-order valence-corrected chi connectivity index (χ4v) is 2.83. The first-order chi connectivity index (χ1) is 9.08. The number of anilines is 1. The summed E-state index contributed by atoms with van der Waals surface area (Å²) in [6, 6.07) is 3.28. The number of hydrogen-bond acceptors (Lipinski definition) is 3. The predicted octanol–water partition coefficient (Wildman–Crippen LogP) is 3.81. The molecule has 0 saturated heterocycles. The third kappa shape index (κ3) is 3.83. The van der Waals surface area contributed by atoms with Gasteiger partial charge >= 0.3 is 5.97 Å². The number of rotatable bonds is 4. The Labute approximate surface area is 118 Å². The third-order valence-corrected chi connectivity index (χ3v) is 4.01. The van der Waals surface area contributed by atoms with Gasteiger partial charge in [-0.25, -0.2) is 9.78 Å². The molecule has 1 fully saturated rings. The fourth-order valence-electron chi connectivity index (χ4n) is 2.62. The Kier molecular flexibility index (Phi) is 4.64. The summed E-state index contributed by atoms with van der Waals surface area (Å²) in [5, 5.41) is 12.5. The van der Waals surface area contributed by atoms with E-state index in [1.165, 1.54) is 25.3 Å². The van der Waals surface area contributed by atoms with E-state index in [2.05, 4.69) is 17.2 Å². The first-order valence-corrected chi connectivity index (χ1v) is 7.13. The van der Waals surface area contributed by atoms with Crippen LogP contribution in [0.3, 0.4) is 0 Å². The number of carboxylic acid groups (broad SMARTS) is 1. The quantitative estimate of drug-likeness (QED) is 0.824. The van der Waals surface area contributed by atoms with E-state index in [1.807, 2.05) is 0 Å². The van der Waals surface area contributed by atoms with Crippen molar-refractivity contribution in [3.05, 3.63) is 22.8 Å². The second kappa shape index (κ2) is 6.24. The van der Waals surface area contributed by atoms with Crippen LogP contribution in [0.5, 0.6) is 0 Å². The highest BCUT2D eigenvalue weighted by molar-refractivity contribution is 6.29. The van der Waals surface area contributed by atoms with Crippen molar-refractivity contribution in [2.45, 2.75) is 45.1 Å². The van der Waals surface area contributed by atoms with E-state index in [1.54, 1.807) is 6.07 Å². The van der Waals surface area contributed by atoms with Crippen LogP contribution in [0, 0.1) is 5.92 Å². The molecule has 0 amide bonds. The van der Waals surface area contributed by atoms with Gasteiger partial charge in [0, 0.05) is 6.04 Å². The maximum atomic E-state index is 11.0. The zero-order chi connectivity index (χ0) is 13.8. The summed E-state index contributed by atoms with van der Waals surface area (Å²) in [6.07, 6.45) is 5.90. The predicted molar refractivity (Wildman–Crippen MR) is 75.9 cm³/mol. The second-order valence-corrected chi connectivity index (χ2v) is 5.53. The SMILES string of the molecule is CCC1CCC(Nc2cc(C(=O)O)cc(Cl)n2)CC1. The summed E-state index contributed by atoms with van der Waals surface area (Å²) in [7, 11) is 0. The Balaban J connectivity index is 2.01. The van der Waals surface area contributed by atoms with E-state index in [0.29, 0.717) is 11.9 Å². The molecule has 0 aliphatic heterocycles. The van der Waals surface area contributed by atoms with E-state index in [-0.39, 0.29) is 10.7 Å². The summed E-state index contributed by atoms with van der Waals surface area (Å²) in [6.45, 7) is 2.23. The molecule has 1 aromatic rings. The average Bonchev–Trinajstić information content (AvgIpc) is 2.39. The molecular weight excluding hydrogens is 264 g/mol. The molecule has 0 radical (unpaired) electrons. The summed E-state index contributed by atoms with van der Waals surface area (Å²) in [5.74, 6) is 0.409. The molecule has 2 N–H and O–H groups in total. The van der Waals surface area contributed by atoms with E-state index in [9.17, 15) is 4.79 Å². The van der Waals surface area contributed by atoms with E-state index >= 15 is 0 Å². The van der Waals surface area contributed by atoms with Gasteiger partial charge in [0.25, 0.3) is 0 Å². The highest BCUT2D eigenvalue weighted by Crippen LogP contribution is 2.28. The van der Waals surface area contributed by atoms with Crippen LogP contribution in [-0.2, 0) is 0 Å². The van der Waals surface area contributed by atoms with Crippen LogP contribution in [0.15, 0.2) is 12.1 Å². The lowest BCUT2D eigenvalue weighted by molar-refractivity contribution is 0.0697. The smallest absolute Gasteiger partial charge is 0.335 e. The van der Waals surface area contributed by atoms with Gasteiger partial charge in [-0.05, 0) is 43.7 Å². The molecule has 0 aromatic carbocycles. The average molecular weight is 283 g/mol. The zero-order valence-electron chi connectivity index (χ0n) is 11.0. The largest absolute Gasteiger partial charge is 0.478 e. The summed E-state index contributed by atoms with van der Waals surface area (Å²) < 4.78 is 0. The number of aromatic carboxylic acids is 1. The van der Waals surface area contributed by atoms with Gasteiger partial charge in [-0.1, -0.05) is 24.9 Å². The minimum Gasteiger partial charge on any atom is -0.478 e. The van der Waals surface area contributed by atoms with Crippen molar-refractivity contribution in [2.24, 2.45) is 5.92 Å². The van der Waals surface area contributed by atoms with E-state index < -0.39 is 5.97 Å². The molecule has 4 nitrogen and oxygen atoms in total. The van der Waals surface area contributed by atoms with Crippen molar-refractivity contribution in [1.82, 2.24) is 4.98 Å². The lowest BCUT2D eigenvalue weighted by Crippen LogP contribution is -2.26. The molecule has 0 bridgehead atoms. The van der Waals surface area contributed by atoms with Crippen LogP contribution in [-0.4, -0.2) is 22.1 Å². The van der Waals surface area contributed by atoms with Crippen LogP contribution < -0.4 is 5.32 Å². The van der Waals surface area contributed by atoms with Crippen LogP contribution in [0.1, 0.15) is 49.4 Å². The van der Waals surface area contributed by atoms with Crippen LogP contribution in [0.2, 0.25) is 5.15 Å². The Morgan fingerprint density at radius 2 is 2.11 bits per heavy atom. The number of nitrogens with zero attached hydrogens (tertiary/aromatic N) is 1. The van der Waals surface area contributed by atoms with Gasteiger partial charge in [-0.3, -0.25) is 0 Å². The second-order valence-electron chi connectivity index (χ2n) is 5.14. The van der Waals surface area contributed by atoms with Gasteiger partial charge in [0.05, 0.1) is 5.56 Å². The molecule has 0 spiro atoms. The molecule has 1 heterocycles. The van der Waals surface area contributed by atoms with Gasteiger partial charge in [-0.2, -0.15) is 0 Å². The molecule has 1 aliphatic rings. The first kappa shape index (κ1) is 14.1. The monoisotopic (exact) mass is 282 g/mol. The number of nitrogens with one attached hydrogen (secondary N) is 1. The number of carbonyl (C=O) groups is 1. The van der Waals surface area contributed by atoms with Gasteiger partial charge in [-0.15, -0.1) is 0 Å². The summed E-state index contributed by atoms with van der Waals surface area (Å²) >= 11 is 5.84. The molecule has 0 atom stereocenters. The van der Waals surface area contributed by atoms with Crippen LogP contribution >= 0.6 is 11.6 Å². The summed E-state index contributed by atoms with van der Waals surface area (Å²) in [4.78, 5) is 15.1. The molecule has 104 valence electrons. The van der Waals surface area contributed by atoms with Gasteiger partial charge < -0.3 is 10.4 Å². The molecule has 1 saturated carbocycles. The normalized spacial score (nSPS) is 23.1. The number of halogens is 1. The third-order valence-electron chi connectivity index (χ3n) is 3.82. The molecule has 5 heteroatoms. The summed E-state index contributed by atoms with van der Waals surface area (Å²) in [5.41, 5.74) is 0.171. The Morgan fingerprint density at radius 3 is 2.68 bits per heavy atom. The first-order valence-electron chi connectivity index (χ1n) is 6.76. The molecular formula is C14H19ClN2O2. The van der Waals surface area contributed by atoms with Crippen LogP contribution in [0.25, 0.3) is 0 Å². The van der Waals surface area contributed by atoms with Crippen molar-refractivity contribution in [3.8, 4) is 0 Å². The fraction of sp³-hybridized carbons (Fsp3) is 0.571. The molecule has 1 aromatic heterocycles. The maximum Gasteiger partial charge on any atom is 0.335 e. The minimum absolute atomic E-state index is 0.171. The molecule has 2 rings (SSSR count). The van der Waals surface area contributed by atoms with Crippen molar-refractivity contribution in [3.63, 3.8) is 0 Å². The number of hydrogen-bond donors (Lipinski definition) is 2. The molecule has 19 heavy (non-hydrogen) atoms. The highest BCUT2D eigenvalue weighted by atomic mass is 35.5. The van der Waals surface area contributed by atoms with Crippen LogP contribution in [0.4, 0.5) is 5.82 Å². The number of carboxylic acids is 1. The Bertz CT molecular complexity index is 457. The van der Waals surface area contributed by atoms with Gasteiger partial charge in [0.2, 0.25) is 0 Å². The van der Waals surface area contributed by atoms with E-state index in [4.69, 9.17) is 16.7 Å². The van der Waals surface area contributed by atoms with E-state index in [0.717, 1.165) is 18.8 Å². The number of aromatic nitrogens is 1. The standard InChI is InChI=1S/C14H19ClN2O2/c1-2-9-3-5-11(6-4-9)16-13-8-10(14(18)19)7-12(15)17-13/h7-9,11H,2-6H2,1H3,(H,16,17)(H,18,19). The van der Waals surface area contributed by atoms with Crippen molar-refractivity contribution in [1.29, 1.82) is 0 Å². The topological polar surface area (TPSA) is 62.2 Å².